The molecule has 4 heteroatoms. The fourth-order valence-corrected chi connectivity index (χ4v) is 2.24. The third kappa shape index (κ3) is 6.06. The number of hydrogen-bond donors (Lipinski definition) is 2. The van der Waals surface area contributed by atoms with Crippen molar-refractivity contribution in [3.8, 4) is 0 Å². The first-order chi connectivity index (χ1) is 10.3. The molecule has 1 aromatic carbocycles. The minimum absolute atomic E-state index is 0.190. The van der Waals surface area contributed by atoms with E-state index in [1.54, 1.807) is 0 Å². The third-order valence-corrected chi connectivity index (χ3v) is 3.63. The first-order valence-electron chi connectivity index (χ1n) is 8.12. The minimum Gasteiger partial charge on any atom is -0.444 e. The van der Waals surface area contributed by atoms with Crippen molar-refractivity contribution in [2.75, 3.05) is 6.54 Å². The van der Waals surface area contributed by atoms with E-state index in [4.69, 9.17) is 4.74 Å². The summed E-state index contributed by atoms with van der Waals surface area (Å²) < 4.78 is 5.21. The molecule has 1 aliphatic rings. The molecule has 4 nitrogen and oxygen atoms in total. The number of carbonyl (C=O) groups is 1. The monoisotopic (exact) mass is 304 g/mol. The third-order valence-electron chi connectivity index (χ3n) is 3.63. The number of benzene rings is 1. The van der Waals surface area contributed by atoms with Gasteiger partial charge in [0.1, 0.15) is 5.60 Å². The van der Waals surface area contributed by atoms with E-state index < -0.39 is 5.60 Å². The topological polar surface area (TPSA) is 50.4 Å². The molecule has 1 aliphatic carbocycles. The van der Waals surface area contributed by atoms with Gasteiger partial charge in [0.25, 0.3) is 0 Å². The average molecular weight is 304 g/mol. The van der Waals surface area contributed by atoms with Gasteiger partial charge in [-0.1, -0.05) is 24.3 Å². The Labute approximate surface area is 133 Å². The van der Waals surface area contributed by atoms with Crippen LogP contribution >= 0.6 is 0 Å². The summed E-state index contributed by atoms with van der Waals surface area (Å²) in [7, 11) is 0. The Morgan fingerprint density at radius 3 is 2.45 bits per heavy atom. The smallest absolute Gasteiger partial charge is 0.407 e. The summed E-state index contributed by atoms with van der Waals surface area (Å²) in [5.74, 6) is 0.805. The summed E-state index contributed by atoms with van der Waals surface area (Å²) >= 11 is 0. The van der Waals surface area contributed by atoms with Crippen LogP contribution in [0.3, 0.4) is 0 Å². The molecule has 1 amide bonds. The van der Waals surface area contributed by atoms with E-state index in [0.29, 0.717) is 6.54 Å². The van der Waals surface area contributed by atoms with Crippen LogP contribution in [0.15, 0.2) is 24.3 Å². The van der Waals surface area contributed by atoms with Gasteiger partial charge in [0.2, 0.25) is 0 Å². The van der Waals surface area contributed by atoms with Gasteiger partial charge in [-0.2, -0.15) is 0 Å². The lowest BCUT2D eigenvalue weighted by atomic mass is 10.1. The summed E-state index contributed by atoms with van der Waals surface area (Å²) in [6.07, 6.45) is 2.31. The van der Waals surface area contributed by atoms with Gasteiger partial charge in [0.15, 0.2) is 0 Å². The van der Waals surface area contributed by atoms with E-state index in [1.807, 2.05) is 20.8 Å². The van der Waals surface area contributed by atoms with Gasteiger partial charge in [0, 0.05) is 19.1 Å². The molecule has 0 spiro atoms. The zero-order chi connectivity index (χ0) is 16.2. The van der Waals surface area contributed by atoms with E-state index >= 15 is 0 Å². The Morgan fingerprint density at radius 1 is 1.27 bits per heavy atom. The lowest BCUT2D eigenvalue weighted by Gasteiger charge is -2.21. The molecule has 0 heterocycles. The molecule has 1 atom stereocenters. The number of ether oxygens (including phenoxy) is 1. The van der Waals surface area contributed by atoms with E-state index in [-0.39, 0.29) is 12.1 Å². The van der Waals surface area contributed by atoms with Crippen LogP contribution in [0, 0.1) is 0 Å². The van der Waals surface area contributed by atoms with E-state index in [1.165, 1.54) is 24.0 Å². The summed E-state index contributed by atoms with van der Waals surface area (Å²) in [5, 5.41) is 6.20. The molecule has 22 heavy (non-hydrogen) atoms. The van der Waals surface area contributed by atoms with Gasteiger partial charge in [-0.15, -0.1) is 0 Å². The Hall–Kier alpha value is -1.55. The Bertz CT molecular complexity index is 487. The summed E-state index contributed by atoms with van der Waals surface area (Å²) in [5.41, 5.74) is 2.28. The predicted octanol–water partition coefficient (Wildman–Crippen LogP) is 3.57. The highest BCUT2D eigenvalue weighted by Gasteiger charge is 2.22. The van der Waals surface area contributed by atoms with Crippen LogP contribution in [-0.2, 0) is 11.3 Å². The first-order valence-corrected chi connectivity index (χ1v) is 8.12. The fraction of sp³-hybridized carbons (Fsp3) is 0.611. The molecule has 1 aromatic rings. The summed E-state index contributed by atoms with van der Waals surface area (Å²) in [6.45, 7) is 8.99. The highest BCUT2D eigenvalue weighted by molar-refractivity contribution is 5.67. The van der Waals surface area contributed by atoms with Crippen LogP contribution in [0.25, 0.3) is 0 Å². The molecule has 1 unspecified atom stereocenters. The Kier molecular flexibility index (Phi) is 5.46. The van der Waals surface area contributed by atoms with Gasteiger partial charge < -0.3 is 15.4 Å². The Balaban J connectivity index is 1.66. The number of carbonyl (C=O) groups excluding carboxylic acids is 1. The molecule has 0 radical (unpaired) electrons. The number of amides is 1. The maximum absolute atomic E-state index is 11.6. The maximum atomic E-state index is 11.6. The van der Waals surface area contributed by atoms with Crippen molar-refractivity contribution in [1.29, 1.82) is 0 Å². The highest BCUT2D eigenvalue weighted by atomic mass is 16.6. The van der Waals surface area contributed by atoms with Crippen molar-refractivity contribution >= 4 is 6.09 Å². The summed E-state index contributed by atoms with van der Waals surface area (Å²) in [6, 6.07) is 9.04. The number of nitrogens with one attached hydrogen (secondary N) is 2. The van der Waals surface area contributed by atoms with Crippen LogP contribution < -0.4 is 10.6 Å². The molecule has 0 bridgehead atoms. The van der Waals surface area contributed by atoms with E-state index in [0.717, 1.165) is 12.5 Å². The van der Waals surface area contributed by atoms with Crippen LogP contribution in [0.1, 0.15) is 57.6 Å². The van der Waals surface area contributed by atoms with Gasteiger partial charge in [-0.25, -0.2) is 4.79 Å². The molecule has 2 N–H and O–H groups in total. The van der Waals surface area contributed by atoms with Gasteiger partial charge in [0.05, 0.1) is 0 Å². The second kappa shape index (κ2) is 7.14. The van der Waals surface area contributed by atoms with Crippen molar-refractivity contribution in [3.63, 3.8) is 0 Å². The van der Waals surface area contributed by atoms with E-state index in [9.17, 15) is 4.79 Å². The van der Waals surface area contributed by atoms with Crippen molar-refractivity contribution in [3.05, 3.63) is 35.4 Å². The van der Waals surface area contributed by atoms with Crippen LogP contribution in [0.5, 0.6) is 0 Å². The molecule has 122 valence electrons. The zero-order valence-corrected chi connectivity index (χ0v) is 14.1. The van der Waals surface area contributed by atoms with Crippen LogP contribution in [0.2, 0.25) is 0 Å². The number of hydrogen-bond acceptors (Lipinski definition) is 3. The SMILES string of the molecule is CC(CNC(=O)OC(C)(C)C)NCc1ccc(C2CC2)cc1. The molecule has 0 aromatic heterocycles. The fourth-order valence-electron chi connectivity index (χ4n) is 2.24. The molecule has 0 aliphatic heterocycles. The first kappa shape index (κ1) is 16.8. The van der Waals surface area contributed by atoms with Crippen molar-refractivity contribution in [2.24, 2.45) is 0 Å². The molecular formula is C18H28N2O2. The standard InChI is InChI=1S/C18H28N2O2/c1-13(11-20-17(21)22-18(2,3)4)19-12-14-5-7-15(8-6-14)16-9-10-16/h5-8,13,16,19H,9-12H2,1-4H3,(H,20,21). The Morgan fingerprint density at radius 2 is 1.91 bits per heavy atom. The van der Waals surface area contributed by atoms with Crippen molar-refractivity contribution in [2.45, 2.75) is 64.6 Å². The lowest BCUT2D eigenvalue weighted by molar-refractivity contribution is 0.0523. The average Bonchev–Trinajstić information content (AvgIpc) is 3.26. The molecular weight excluding hydrogens is 276 g/mol. The minimum atomic E-state index is -0.454. The lowest BCUT2D eigenvalue weighted by Crippen LogP contribution is -2.40. The molecule has 1 fully saturated rings. The van der Waals surface area contributed by atoms with Gasteiger partial charge >= 0.3 is 6.09 Å². The summed E-state index contributed by atoms with van der Waals surface area (Å²) in [4.78, 5) is 11.6. The molecule has 2 rings (SSSR count). The second-order valence-electron chi connectivity index (χ2n) is 7.18. The zero-order valence-electron chi connectivity index (χ0n) is 14.1. The highest BCUT2D eigenvalue weighted by Crippen LogP contribution is 2.39. The van der Waals surface area contributed by atoms with Crippen LogP contribution in [-0.4, -0.2) is 24.3 Å². The largest absolute Gasteiger partial charge is 0.444 e. The van der Waals surface area contributed by atoms with Crippen molar-refractivity contribution in [1.82, 2.24) is 10.6 Å². The number of alkyl carbamates (subject to hydrolysis) is 1. The molecule has 1 saturated carbocycles. The number of rotatable bonds is 6. The molecule has 0 saturated heterocycles. The quantitative estimate of drug-likeness (QED) is 0.845. The van der Waals surface area contributed by atoms with Gasteiger partial charge in [-0.05, 0) is 57.6 Å². The van der Waals surface area contributed by atoms with Gasteiger partial charge in [-0.3, -0.25) is 0 Å². The normalized spacial score (nSPS) is 16.2. The van der Waals surface area contributed by atoms with Crippen molar-refractivity contribution < 1.29 is 9.53 Å². The predicted molar refractivity (Wildman–Crippen MR) is 89.0 cm³/mol. The van der Waals surface area contributed by atoms with E-state index in [2.05, 4.69) is 41.8 Å². The maximum Gasteiger partial charge on any atom is 0.407 e. The second-order valence-corrected chi connectivity index (χ2v) is 7.18. The van der Waals surface area contributed by atoms with Crippen LogP contribution in [0.4, 0.5) is 4.79 Å².